The largest absolute Gasteiger partial charge is 0.373 e. The number of nitrogens with one attached hydrogen (secondary N) is 1. The summed E-state index contributed by atoms with van der Waals surface area (Å²) >= 11 is 0. The zero-order chi connectivity index (χ0) is 22.4. The monoisotopic (exact) mass is 445 g/mol. The van der Waals surface area contributed by atoms with E-state index in [2.05, 4.69) is 57.6 Å². The Bertz CT molecular complexity index is 1160. The summed E-state index contributed by atoms with van der Waals surface area (Å²) in [5.74, 6) is -0.180. The van der Waals surface area contributed by atoms with Gasteiger partial charge in [-0.3, -0.25) is 9.69 Å². The second-order valence-electron chi connectivity index (χ2n) is 9.47. The molecule has 0 bridgehead atoms. The van der Waals surface area contributed by atoms with E-state index in [9.17, 15) is 9.18 Å². The molecule has 3 saturated heterocycles. The molecule has 3 aliphatic heterocycles. The van der Waals surface area contributed by atoms with Gasteiger partial charge in [-0.1, -0.05) is 42.5 Å². The number of benzene rings is 3. The average molecular weight is 446 g/mol. The first-order chi connectivity index (χ1) is 16.1. The summed E-state index contributed by atoms with van der Waals surface area (Å²) < 4.78 is 19.1. The van der Waals surface area contributed by atoms with E-state index in [-0.39, 0.29) is 24.0 Å². The number of hydrogen-bond acceptors (Lipinski definition) is 4. The van der Waals surface area contributed by atoms with Crippen LogP contribution in [0.5, 0.6) is 0 Å². The molecule has 6 heteroatoms. The van der Waals surface area contributed by atoms with Crippen LogP contribution in [-0.4, -0.2) is 48.3 Å². The third kappa shape index (κ3) is 3.77. The Hall–Kier alpha value is -2.96. The average Bonchev–Trinajstić information content (AvgIpc) is 3.61. The van der Waals surface area contributed by atoms with Crippen LogP contribution >= 0.6 is 0 Å². The number of carbonyl (C=O) groups is 1. The van der Waals surface area contributed by atoms with Crippen molar-refractivity contribution in [1.29, 1.82) is 0 Å². The van der Waals surface area contributed by atoms with Crippen molar-refractivity contribution in [2.24, 2.45) is 0 Å². The molecule has 2 atom stereocenters. The Labute approximate surface area is 193 Å². The Kier molecular flexibility index (Phi) is 5.07. The van der Waals surface area contributed by atoms with Gasteiger partial charge in [0.25, 0.3) is 0 Å². The SMILES string of the molecule is O=C1NC(CC2CO2)N(c2ccc(F)cc2)C12CCN(Cc1cccc3ccccc13)CC2. The number of epoxide rings is 1. The highest BCUT2D eigenvalue weighted by atomic mass is 19.1. The Morgan fingerprint density at radius 1 is 1.00 bits per heavy atom. The number of amides is 1. The van der Waals surface area contributed by atoms with E-state index < -0.39 is 5.54 Å². The van der Waals surface area contributed by atoms with Crippen LogP contribution in [0.2, 0.25) is 0 Å². The molecule has 3 aromatic rings. The fraction of sp³-hybridized carbons (Fsp3) is 0.370. The van der Waals surface area contributed by atoms with Crippen LogP contribution in [-0.2, 0) is 16.1 Å². The van der Waals surface area contributed by atoms with E-state index in [0.29, 0.717) is 0 Å². The minimum absolute atomic E-state index is 0.0854. The highest BCUT2D eigenvalue weighted by Crippen LogP contribution is 2.41. The number of anilines is 1. The number of likely N-dealkylation sites (tertiary alicyclic amines) is 1. The summed E-state index contributed by atoms with van der Waals surface area (Å²) in [4.78, 5) is 18.0. The number of halogens is 1. The zero-order valence-electron chi connectivity index (χ0n) is 18.5. The van der Waals surface area contributed by atoms with Crippen molar-refractivity contribution in [2.75, 3.05) is 24.6 Å². The fourth-order valence-electron chi connectivity index (χ4n) is 5.62. The molecule has 0 radical (unpaired) electrons. The van der Waals surface area contributed by atoms with E-state index in [0.717, 1.165) is 51.2 Å². The predicted octanol–water partition coefficient (Wildman–Crippen LogP) is 4.06. The minimum Gasteiger partial charge on any atom is -0.373 e. The molecule has 170 valence electrons. The molecule has 1 N–H and O–H groups in total. The molecule has 3 fully saturated rings. The third-order valence-corrected chi connectivity index (χ3v) is 7.44. The second kappa shape index (κ2) is 8.12. The van der Waals surface area contributed by atoms with Crippen LogP contribution in [0.25, 0.3) is 10.8 Å². The molecule has 1 amide bonds. The Balaban J connectivity index is 1.24. The van der Waals surface area contributed by atoms with Crippen molar-refractivity contribution >= 4 is 22.4 Å². The van der Waals surface area contributed by atoms with Gasteiger partial charge in [0, 0.05) is 31.7 Å². The van der Waals surface area contributed by atoms with Crippen molar-refractivity contribution in [2.45, 2.75) is 43.6 Å². The summed E-state index contributed by atoms with van der Waals surface area (Å²) in [7, 11) is 0. The maximum absolute atomic E-state index is 13.6. The van der Waals surface area contributed by atoms with E-state index >= 15 is 0 Å². The molecule has 2 unspecified atom stereocenters. The number of carbonyl (C=O) groups excluding carboxylic acids is 1. The first kappa shape index (κ1) is 20.6. The van der Waals surface area contributed by atoms with Gasteiger partial charge in [-0.05, 0) is 53.4 Å². The van der Waals surface area contributed by atoms with E-state index in [4.69, 9.17) is 4.74 Å². The maximum Gasteiger partial charge on any atom is 0.247 e. The molecule has 3 aromatic carbocycles. The number of piperidine rings is 1. The molecule has 6 rings (SSSR count). The van der Waals surface area contributed by atoms with Crippen LogP contribution in [0.4, 0.5) is 10.1 Å². The molecular weight excluding hydrogens is 417 g/mol. The molecule has 0 saturated carbocycles. The lowest BCUT2D eigenvalue weighted by Crippen LogP contribution is -2.57. The van der Waals surface area contributed by atoms with Gasteiger partial charge in [0.1, 0.15) is 17.5 Å². The lowest BCUT2D eigenvalue weighted by Gasteiger charge is -2.45. The summed E-state index contributed by atoms with van der Waals surface area (Å²) in [6.07, 6.45) is 2.30. The zero-order valence-corrected chi connectivity index (χ0v) is 18.5. The molecule has 5 nitrogen and oxygen atoms in total. The van der Waals surface area contributed by atoms with E-state index in [1.807, 2.05) is 0 Å². The highest BCUT2D eigenvalue weighted by molar-refractivity contribution is 5.94. The van der Waals surface area contributed by atoms with Gasteiger partial charge in [0.05, 0.1) is 12.7 Å². The Morgan fingerprint density at radius 2 is 1.73 bits per heavy atom. The first-order valence-electron chi connectivity index (χ1n) is 11.8. The standard InChI is InChI=1S/C27H28FN3O2/c28-21-8-10-22(11-9-21)31-25(16-23-18-33-23)29-26(32)27(31)12-14-30(15-13-27)17-20-6-3-5-19-4-1-2-7-24(19)20/h1-11,23,25H,12-18H2,(H,29,32). The van der Waals surface area contributed by atoms with Crippen molar-refractivity contribution < 1.29 is 13.9 Å². The second-order valence-corrected chi connectivity index (χ2v) is 9.47. The van der Waals surface area contributed by atoms with Crippen LogP contribution < -0.4 is 10.2 Å². The number of ether oxygens (including phenoxy) is 1. The highest BCUT2D eigenvalue weighted by Gasteiger charge is 2.55. The van der Waals surface area contributed by atoms with Gasteiger partial charge in [0.15, 0.2) is 0 Å². The van der Waals surface area contributed by atoms with Crippen LogP contribution in [0.1, 0.15) is 24.8 Å². The maximum atomic E-state index is 13.6. The molecule has 3 heterocycles. The number of hydrogen-bond donors (Lipinski definition) is 1. The van der Waals surface area contributed by atoms with Crippen molar-refractivity contribution in [3.63, 3.8) is 0 Å². The molecule has 0 aromatic heterocycles. The molecule has 0 aliphatic carbocycles. The van der Waals surface area contributed by atoms with Gasteiger partial charge in [-0.25, -0.2) is 4.39 Å². The van der Waals surface area contributed by atoms with E-state index in [1.165, 1.54) is 28.5 Å². The quantitative estimate of drug-likeness (QED) is 0.602. The van der Waals surface area contributed by atoms with Crippen LogP contribution in [0, 0.1) is 5.82 Å². The summed E-state index contributed by atoms with van der Waals surface area (Å²) in [5, 5.41) is 5.78. The number of rotatable bonds is 5. The van der Waals surface area contributed by atoms with E-state index in [1.54, 1.807) is 12.1 Å². The van der Waals surface area contributed by atoms with Crippen molar-refractivity contribution in [1.82, 2.24) is 10.2 Å². The third-order valence-electron chi connectivity index (χ3n) is 7.44. The van der Waals surface area contributed by atoms with Crippen molar-refractivity contribution in [3.05, 3.63) is 78.1 Å². The molecule has 3 aliphatic rings. The van der Waals surface area contributed by atoms with Crippen molar-refractivity contribution in [3.8, 4) is 0 Å². The van der Waals surface area contributed by atoms with Gasteiger partial charge in [-0.15, -0.1) is 0 Å². The summed E-state index contributed by atoms with van der Waals surface area (Å²) in [6.45, 7) is 3.28. The lowest BCUT2D eigenvalue weighted by atomic mass is 9.85. The molecular formula is C27H28FN3O2. The summed E-state index contributed by atoms with van der Waals surface area (Å²) in [6, 6.07) is 21.5. The predicted molar refractivity (Wildman–Crippen MR) is 126 cm³/mol. The first-order valence-corrected chi connectivity index (χ1v) is 11.8. The van der Waals surface area contributed by atoms with Gasteiger partial charge < -0.3 is 15.0 Å². The van der Waals surface area contributed by atoms with Gasteiger partial charge >= 0.3 is 0 Å². The smallest absolute Gasteiger partial charge is 0.247 e. The summed E-state index contributed by atoms with van der Waals surface area (Å²) in [5.41, 5.74) is 1.61. The lowest BCUT2D eigenvalue weighted by molar-refractivity contribution is -0.125. The Morgan fingerprint density at radius 3 is 2.48 bits per heavy atom. The van der Waals surface area contributed by atoms with Gasteiger partial charge in [-0.2, -0.15) is 0 Å². The molecule has 1 spiro atoms. The van der Waals surface area contributed by atoms with Gasteiger partial charge in [0.2, 0.25) is 5.91 Å². The van der Waals surface area contributed by atoms with Crippen LogP contribution in [0.15, 0.2) is 66.7 Å². The van der Waals surface area contributed by atoms with Crippen LogP contribution in [0.3, 0.4) is 0 Å². The number of nitrogens with zero attached hydrogens (tertiary/aromatic N) is 2. The number of fused-ring (bicyclic) bond motifs is 1. The fourth-order valence-corrected chi connectivity index (χ4v) is 5.62. The minimum atomic E-state index is -0.605. The topological polar surface area (TPSA) is 48.1 Å². The molecule has 33 heavy (non-hydrogen) atoms. The normalized spacial score (nSPS) is 24.4.